The average Bonchev–Trinajstić information content (AvgIpc) is 2.20. The van der Waals surface area contributed by atoms with E-state index in [1.54, 1.807) is 0 Å². The lowest BCUT2D eigenvalue weighted by molar-refractivity contribution is -0.126. The smallest absolute Gasteiger partial charge is 0.225 e. The predicted molar refractivity (Wildman–Crippen MR) is 70.4 cm³/mol. The number of hydrogen-bond acceptors (Lipinski definition) is 4. The highest BCUT2D eigenvalue weighted by atomic mass is 16.5. The van der Waals surface area contributed by atoms with Gasteiger partial charge in [-0.25, -0.2) is 0 Å². The van der Waals surface area contributed by atoms with Crippen molar-refractivity contribution in [2.75, 3.05) is 39.3 Å². The number of carbonyl (C=O) groups is 1. The highest BCUT2D eigenvalue weighted by Crippen LogP contribution is 2.10. The minimum atomic E-state index is 0.202. The van der Waals surface area contributed by atoms with Crippen LogP contribution in [0, 0.1) is 5.92 Å². The Morgan fingerprint density at radius 3 is 2.56 bits per heavy atom. The molecule has 0 saturated carbocycles. The van der Waals surface area contributed by atoms with E-state index >= 15 is 0 Å². The molecule has 2 rings (SSSR count). The summed E-state index contributed by atoms with van der Waals surface area (Å²) in [5.74, 6) is 0.408. The summed E-state index contributed by atoms with van der Waals surface area (Å²) in [6.07, 6.45) is 1.67. The second-order valence-corrected chi connectivity index (χ2v) is 5.52. The SMILES string of the molecule is CC1CN(CCCNC(=O)C2CNC2)CC(C)O1. The lowest BCUT2D eigenvalue weighted by atomic mass is 10.0. The van der Waals surface area contributed by atoms with Crippen LogP contribution in [0.2, 0.25) is 0 Å². The number of nitrogens with zero attached hydrogens (tertiary/aromatic N) is 1. The summed E-state index contributed by atoms with van der Waals surface area (Å²) in [5, 5.41) is 6.12. The van der Waals surface area contributed by atoms with E-state index in [0.717, 1.165) is 45.7 Å². The molecule has 18 heavy (non-hydrogen) atoms. The molecule has 0 aromatic carbocycles. The van der Waals surface area contributed by atoms with Crippen LogP contribution in [0.3, 0.4) is 0 Å². The Hall–Kier alpha value is -0.650. The Morgan fingerprint density at radius 1 is 1.33 bits per heavy atom. The van der Waals surface area contributed by atoms with Crippen LogP contribution in [0.25, 0.3) is 0 Å². The molecule has 2 aliphatic heterocycles. The van der Waals surface area contributed by atoms with E-state index in [1.807, 2.05) is 0 Å². The molecule has 2 N–H and O–H groups in total. The zero-order valence-electron chi connectivity index (χ0n) is 11.4. The molecule has 0 aromatic rings. The molecular formula is C13H25N3O2. The number of nitrogens with one attached hydrogen (secondary N) is 2. The first-order chi connectivity index (χ1) is 8.65. The van der Waals surface area contributed by atoms with E-state index in [-0.39, 0.29) is 11.8 Å². The van der Waals surface area contributed by atoms with Gasteiger partial charge in [-0.1, -0.05) is 0 Å². The summed E-state index contributed by atoms with van der Waals surface area (Å²) < 4.78 is 5.70. The second-order valence-electron chi connectivity index (χ2n) is 5.52. The van der Waals surface area contributed by atoms with Crippen LogP contribution >= 0.6 is 0 Å². The molecule has 0 bridgehead atoms. The van der Waals surface area contributed by atoms with Gasteiger partial charge in [0.1, 0.15) is 0 Å². The van der Waals surface area contributed by atoms with Gasteiger partial charge in [-0.2, -0.15) is 0 Å². The third-order valence-corrected chi connectivity index (χ3v) is 3.60. The van der Waals surface area contributed by atoms with Crippen LogP contribution in [0.1, 0.15) is 20.3 Å². The molecule has 104 valence electrons. The van der Waals surface area contributed by atoms with Crippen LogP contribution < -0.4 is 10.6 Å². The normalized spacial score (nSPS) is 29.9. The van der Waals surface area contributed by atoms with Crippen molar-refractivity contribution in [2.45, 2.75) is 32.5 Å². The van der Waals surface area contributed by atoms with Gasteiger partial charge < -0.3 is 15.4 Å². The zero-order valence-corrected chi connectivity index (χ0v) is 11.4. The summed E-state index contributed by atoms with van der Waals surface area (Å²) in [5.41, 5.74) is 0. The lowest BCUT2D eigenvalue weighted by Crippen LogP contribution is -2.51. The van der Waals surface area contributed by atoms with Crippen molar-refractivity contribution in [3.8, 4) is 0 Å². The summed E-state index contributed by atoms with van der Waals surface area (Å²) in [7, 11) is 0. The van der Waals surface area contributed by atoms with Crippen molar-refractivity contribution in [1.82, 2.24) is 15.5 Å². The quantitative estimate of drug-likeness (QED) is 0.669. The fraction of sp³-hybridized carbons (Fsp3) is 0.923. The Morgan fingerprint density at radius 2 is 2.00 bits per heavy atom. The van der Waals surface area contributed by atoms with Gasteiger partial charge >= 0.3 is 0 Å². The van der Waals surface area contributed by atoms with Crippen molar-refractivity contribution in [2.24, 2.45) is 5.92 Å². The highest BCUT2D eigenvalue weighted by Gasteiger charge is 2.24. The molecule has 2 aliphatic rings. The van der Waals surface area contributed by atoms with E-state index in [9.17, 15) is 4.79 Å². The van der Waals surface area contributed by atoms with Crippen molar-refractivity contribution in [1.29, 1.82) is 0 Å². The molecule has 0 spiro atoms. The third-order valence-electron chi connectivity index (χ3n) is 3.60. The van der Waals surface area contributed by atoms with Crippen LogP contribution in [0.4, 0.5) is 0 Å². The van der Waals surface area contributed by atoms with Crippen LogP contribution in [0.15, 0.2) is 0 Å². The Kier molecular flexibility index (Phi) is 4.97. The van der Waals surface area contributed by atoms with Gasteiger partial charge in [-0.05, 0) is 20.3 Å². The highest BCUT2D eigenvalue weighted by molar-refractivity contribution is 5.79. The van der Waals surface area contributed by atoms with Gasteiger partial charge in [-0.15, -0.1) is 0 Å². The molecule has 2 heterocycles. The second kappa shape index (κ2) is 6.50. The maximum absolute atomic E-state index is 11.6. The first-order valence-electron chi connectivity index (χ1n) is 7.01. The molecule has 0 aliphatic carbocycles. The van der Waals surface area contributed by atoms with Gasteiger partial charge in [0, 0.05) is 39.3 Å². The first-order valence-corrected chi connectivity index (χ1v) is 7.01. The monoisotopic (exact) mass is 255 g/mol. The van der Waals surface area contributed by atoms with E-state index in [4.69, 9.17) is 4.74 Å². The van der Waals surface area contributed by atoms with Gasteiger partial charge in [0.05, 0.1) is 18.1 Å². The molecule has 0 aromatic heterocycles. The van der Waals surface area contributed by atoms with Gasteiger partial charge in [-0.3, -0.25) is 9.69 Å². The maximum Gasteiger partial charge on any atom is 0.225 e. The number of ether oxygens (including phenoxy) is 1. The van der Waals surface area contributed by atoms with Crippen LogP contribution in [0.5, 0.6) is 0 Å². The Bertz CT molecular complexity index is 271. The van der Waals surface area contributed by atoms with Crippen LogP contribution in [-0.4, -0.2) is 62.3 Å². The summed E-state index contributed by atoms with van der Waals surface area (Å²) in [6.45, 7) is 9.75. The maximum atomic E-state index is 11.6. The molecule has 2 fully saturated rings. The van der Waals surface area contributed by atoms with E-state index in [1.165, 1.54) is 0 Å². The van der Waals surface area contributed by atoms with Gasteiger partial charge in [0.2, 0.25) is 5.91 Å². The molecule has 5 heteroatoms. The first kappa shape index (κ1) is 13.8. The van der Waals surface area contributed by atoms with E-state index in [2.05, 4.69) is 29.4 Å². The molecule has 2 saturated heterocycles. The summed E-state index contributed by atoms with van der Waals surface area (Å²) in [4.78, 5) is 14.0. The van der Waals surface area contributed by atoms with E-state index < -0.39 is 0 Å². The lowest BCUT2D eigenvalue weighted by Gasteiger charge is -2.35. The number of hydrogen-bond donors (Lipinski definition) is 2. The number of morpholine rings is 1. The predicted octanol–water partition coefficient (Wildman–Crippen LogP) is -0.179. The molecule has 1 amide bonds. The Balaban J connectivity index is 1.55. The third kappa shape index (κ3) is 3.93. The van der Waals surface area contributed by atoms with Crippen molar-refractivity contribution in [3.63, 3.8) is 0 Å². The Labute approximate surface area is 109 Å². The molecule has 2 atom stereocenters. The zero-order chi connectivity index (χ0) is 13.0. The standard InChI is InChI=1S/C13H25N3O2/c1-10-8-16(9-11(2)18-10)5-3-4-15-13(17)12-6-14-7-12/h10-12,14H,3-9H2,1-2H3,(H,15,17). The van der Waals surface area contributed by atoms with Crippen molar-refractivity contribution < 1.29 is 9.53 Å². The molecular weight excluding hydrogens is 230 g/mol. The average molecular weight is 255 g/mol. The largest absolute Gasteiger partial charge is 0.373 e. The van der Waals surface area contributed by atoms with Crippen molar-refractivity contribution in [3.05, 3.63) is 0 Å². The van der Waals surface area contributed by atoms with Crippen LogP contribution in [-0.2, 0) is 9.53 Å². The minimum absolute atomic E-state index is 0.202. The molecule has 2 unspecified atom stereocenters. The molecule has 0 radical (unpaired) electrons. The van der Waals surface area contributed by atoms with Gasteiger partial charge in [0.15, 0.2) is 0 Å². The topological polar surface area (TPSA) is 53.6 Å². The number of carbonyl (C=O) groups excluding carboxylic acids is 1. The van der Waals surface area contributed by atoms with Crippen molar-refractivity contribution >= 4 is 5.91 Å². The number of amides is 1. The van der Waals surface area contributed by atoms with E-state index in [0.29, 0.717) is 12.2 Å². The minimum Gasteiger partial charge on any atom is -0.373 e. The summed E-state index contributed by atoms with van der Waals surface area (Å²) in [6, 6.07) is 0. The number of rotatable bonds is 5. The van der Waals surface area contributed by atoms with Gasteiger partial charge in [0.25, 0.3) is 0 Å². The fourth-order valence-corrected chi connectivity index (χ4v) is 2.60. The summed E-state index contributed by atoms with van der Waals surface area (Å²) >= 11 is 0. The fourth-order valence-electron chi connectivity index (χ4n) is 2.60. The molecule has 5 nitrogen and oxygen atoms in total.